The van der Waals surface area contributed by atoms with Gasteiger partial charge in [0.15, 0.2) is 0 Å². The zero-order valence-corrected chi connectivity index (χ0v) is 10.8. The Morgan fingerprint density at radius 2 is 2.12 bits per heavy atom. The van der Waals surface area contributed by atoms with Crippen molar-refractivity contribution in [3.8, 4) is 5.75 Å². The molecule has 0 fully saturated rings. The monoisotopic (exact) mass is 255 g/mol. The lowest BCUT2D eigenvalue weighted by Crippen LogP contribution is -2.35. The molecule has 4 nitrogen and oxygen atoms in total. The van der Waals surface area contributed by atoms with Gasteiger partial charge in [0.1, 0.15) is 11.8 Å². The summed E-state index contributed by atoms with van der Waals surface area (Å²) in [5.74, 6) is 0.857. The predicted octanol–water partition coefficient (Wildman–Crippen LogP) is 1.85. The van der Waals surface area contributed by atoms with E-state index in [9.17, 15) is 4.79 Å². The van der Waals surface area contributed by atoms with Crippen molar-refractivity contribution in [2.75, 3.05) is 19.4 Å². The van der Waals surface area contributed by atoms with Crippen molar-refractivity contribution in [3.63, 3.8) is 0 Å². The second-order valence-corrected chi connectivity index (χ2v) is 4.71. The number of nitrogens with one attached hydrogen (secondary N) is 1. The number of carbonyl (C=O) groups is 1. The Kier molecular flexibility index (Phi) is 5.86. The van der Waals surface area contributed by atoms with Crippen LogP contribution in [0.5, 0.6) is 5.75 Å². The molecule has 2 N–H and O–H groups in total. The minimum absolute atomic E-state index is 0.494. The lowest BCUT2D eigenvalue weighted by Gasteiger charge is -2.08. The fraction of sp³-hybridized carbons (Fsp3) is 0.417. The maximum absolute atomic E-state index is 10.6. The number of hydrogen-bond donors (Lipinski definition) is 2. The maximum atomic E-state index is 10.6. The van der Waals surface area contributed by atoms with E-state index in [0.717, 1.165) is 16.4 Å². The lowest BCUT2D eigenvalue weighted by molar-refractivity contribution is -0.138. The number of methoxy groups -OCH3 is 1. The molecule has 0 amide bonds. The topological polar surface area (TPSA) is 58.6 Å². The van der Waals surface area contributed by atoms with Gasteiger partial charge >= 0.3 is 5.97 Å². The van der Waals surface area contributed by atoms with Crippen LogP contribution in [-0.2, 0) is 4.79 Å². The molecule has 0 aliphatic rings. The van der Waals surface area contributed by atoms with E-state index in [2.05, 4.69) is 5.32 Å². The van der Waals surface area contributed by atoms with Crippen LogP contribution in [0, 0.1) is 0 Å². The van der Waals surface area contributed by atoms with Crippen LogP contribution in [0.4, 0.5) is 0 Å². The zero-order chi connectivity index (χ0) is 12.7. The molecular weight excluding hydrogens is 238 g/mol. The van der Waals surface area contributed by atoms with Crippen molar-refractivity contribution < 1.29 is 14.6 Å². The highest BCUT2D eigenvalue weighted by Gasteiger charge is 2.08. The smallest absolute Gasteiger partial charge is 0.320 e. The van der Waals surface area contributed by atoms with Crippen molar-refractivity contribution in [1.82, 2.24) is 5.32 Å². The first-order valence-corrected chi connectivity index (χ1v) is 6.35. The standard InChI is InChI=1S/C12H17NO3S/c1-9(12(14)15)13-7-8-17-11-5-3-10(16-2)4-6-11/h3-6,9,13H,7-8H2,1-2H3,(H,14,15). The highest BCUT2D eigenvalue weighted by molar-refractivity contribution is 7.99. The van der Waals surface area contributed by atoms with Crippen molar-refractivity contribution in [1.29, 1.82) is 0 Å². The summed E-state index contributed by atoms with van der Waals surface area (Å²) in [5.41, 5.74) is 0. The van der Waals surface area contributed by atoms with E-state index in [1.165, 1.54) is 0 Å². The van der Waals surface area contributed by atoms with Gasteiger partial charge in [0.2, 0.25) is 0 Å². The maximum Gasteiger partial charge on any atom is 0.320 e. The van der Waals surface area contributed by atoms with Crippen LogP contribution in [0.15, 0.2) is 29.2 Å². The second-order valence-electron chi connectivity index (χ2n) is 3.54. The Morgan fingerprint density at radius 3 is 2.65 bits per heavy atom. The molecular formula is C12H17NO3S. The highest BCUT2D eigenvalue weighted by Crippen LogP contribution is 2.20. The van der Waals surface area contributed by atoms with Gasteiger partial charge in [-0.25, -0.2) is 0 Å². The molecule has 0 aromatic heterocycles. The van der Waals surface area contributed by atoms with Crippen molar-refractivity contribution in [3.05, 3.63) is 24.3 Å². The average molecular weight is 255 g/mol. The number of ether oxygens (including phenoxy) is 1. The number of aliphatic carboxylic acids is 1. The Labute approximate surface area is 105 Å². The van der Waals surface area contributed by atoms with Gasteiger partial charge in [0.05, 0.1) is 7.11 Å². The number of carboxylic acids is 1. The molecule has 1 aromatic rings. The van der Waals surface area contributed by atoms with Crippen LogP contribution >= 0.6 is 11.8 Å². The molecule has 1 unspecified atom stereocenters. The summed E-state index contributed by atoms with van der Waals surface area (Å²) in [6.07, 6.45) is 0. The van der Waals surface area contributed by atoms with Gasteiger partial charge in [-0.1, -0.05) is 0 Å². The van der Waals surface area contributed by atoms with Gasteiger partial charge in [0.25, 0.3) is 0 Å². The van der Waals surface area contributed by atoms with Crippen LogP contribution in [-0.4, -0.2) is 36.5 Å². The van der Waals surface area contributed by atoms with Gasteiger partial charge < -0.3 is 15.2 Å². The Bertz CT molecular complexity index is 353. The Balaban J connectivity index is 2.24. The third-order valence-electron chi connectivity index (χ3n) is 2.25. The van der Waals surface area contributed by atoms with Crippen LogP contribution in [0.2, 0.25) is 0 Å². The first-order valence-electron chi connectivity index (χ1n) is 5.36. The first kappa shape index (κ1) is 13.9. The molecule has 94 valence electrons. The zero-order valence-electron chi connectivity index (χ0n) is 9.97. The molecule has 1 aromatic carbocycles. The van der Waals surface area contributed by atoms with Crippen molar-refractivity contribution in [2.24, 2.45) is 0 Å². The number of carboxylic acid groups (broad SMARTS) is 1. The fourth-order valence-corrected chi connectivity index (χ4v) is 1.99. The molecule has 1 atom stereocenters. The van der Waals surface area contributed by atoms with E-state index in [-0.39, 0.29) is 0 Å². The fourth-order valence-electron chi connectivity index (χ4n) is 1.20. The van der Waals surface area contributed by atoms with Crippen molar-refractivity contribution >= 4 is 17.7 Å². The summed E-state index contributed by atoms with van der Waals surface area (Å²) >= 11 is 1.68. The van der Waals surface area contributed by atoms with E-state index >= 15 is 0 Å². The quantitative estimate of drug-likeness (QED) is 0.575. The second kappa shape index (κ2) is 7.19. The molecule has 0 saturated heterocycles. The minimum atomic E-state index is -0.820. The molecule has 0 spiro atoms. The molecule has 1 rings (SSSR count). The van der Waals surface area contributed by atoms with Gasteiger partial charge in [-0.05, 0) is 31.2 Å². The highest BCUT2D eigenvalue weighted by atomic mass is 32.2. The van der Waals surface area contributed by atoms with Gasteiger partial charge in [0, 0.05) is 17.2 Å². The van der Waals surface area contributed by atoms with Crippen LogP contribution in [0.3, 0.4) is 0 Å². The third kappa shape index (κ3) is 5.10. The van der Waals surface area contributed by atoms with E-state index in [1.54, 1.807) is 25.8 Å². The number of benzene rings is 1. The number of rotatable bonds is 7. The molecule has 0 bridgehead atoms. The van der Waals surface area contributed by atoms with Crippen LogP contribution < -0.4 is 10.1 Å². The van der Waals surface area contributed by atoms with Crippen LogP contribution in [0.1, 0.15) is 6.92 Å². The van der Waals surface area contributed by atoms with Crippen molar-refractivity contribution in [2.45, 2.75) is 17.9 Å². The van der Waals surface area contributed by atoms with Gasteiger partial charge in [-0.2, -0.15) is 0 Å². The SMILES string of the molecule is COc1ccc(SCCNC(C)C(=O)O)cc1. The molecule has 0 aliphatic carbocycles. The normalized spacial score (nSPS) is 12.1. The van der Waals surface area contributed by atoms with Gasteiger partial charge in [-0.3, -0.25) is 4.79 Å². The summed E-state index contributed by atoms with van der Waals surface area (Å²) < 4.78 is 5.07. The Morgan fingerprint density at radius 1 is 1.47 bits per heavy atom. The minimum Gasteiger partial charge on any atom is -0.497 e. The summed E-state index contributed by atoms with van der Waals surface area (Å²) in [6, 6.07) is 7.31. The molecule has 0 saturated carbocycles. The number of thioether (sulfide) groups is 1. The molecule has 17 heavy (non-hydrogen) atoms. The third-order valence-corrected chi connectivity index (χ3v) is 3.26. The van der Waals surface area contributed by atoms with Crippen LogP contribution in [0.25, 0.3) is 0 Å². The molecule has 5 heteroatoms. The van der Waals surface area contributed by atoms with E-state index in [0.29, 0.717) is 6.54 Å². The Hall–Kier alpha value is -1.20. The molecule has 0 aliphatic heterocycles. The largest absolute Gasteiger partial charge is 0.497 e. The number of hydrogen-bond acceptors (Lipinski definition) is 4. The summed E-state index contributed by atoms with van der Waals surface area (Å²) in [4.78, 5) is 11.7. The first-order chi connectivity index (χ1) is 8.13. The van der Waals surface area contributed by atoms with E-state index in [4.69, 9.17) is 9.84 Å². The molecule has 0 radical (unpaired) electrons. The van der Waals surface area contributed by atoms with Gasteiger partial charge in [-0.15, -0.1) is 11.8 Å². The molecule has 0 heterocycles. The summed E-state index contributed by atoms with van der Waals surface area (Å²) in [5, 5.41) is 11.6. The summed E-state index contributed by atoms with van der Waals surface area (Å²) in [7, 11) is 1.64. The average Bonchev–Trinajstić information content (AvgIpc) is 2.35. The predicted molar refractivity (Wildman–Crippen MR) is 68.8 cm³/mol. The van der Waals surface area contributed by atoms with E-state index < -0.39 is 12.0 Å². The van der Waals surface area contributed by atoms with E-state index in [1.807, 2.05) is 24.3 Å². The summed E-state index contributed by atoms with van der Waals surface area (Å²) in [6.45, 7) is 2.31. The lowest BCUT2D eigenvalue weighted by atomic mass is 10.3.